The highest BCUT2D eigenvalue weighted by Gasteiger charge is 2.53. The van der Waals surface area contributed by atoms with Crippen LogP contribution in [-0.4, -0.2) is 38.3 Å². The summed E-state index contributed by atoms with van der Waals surface area (Å²) in [6.07, 6.45) is 0.262. The van der Waals surface area contributed by atoms with Crippen molar-refractivity contribution in [2.24, 2.45) is 5.41 Å². The molecule has 6 nitrogen and oxygen atoms in total. The van der Waals surface area contributed by atoms with E-state index in [2.05, 4.69) is 4.98 Å². The highest BCUT2D eigenvalue weighted by molar-refractivity contribution is 6.30. The molecule has 7 heteroatoms. The molecule has 0 bridgehead atoms. The van der Waals surface area contributed by atoms with E-state index in [1.54, 1.807) is 6.07 Å². The summed E-state index contributed by atoms with van der Waals surface area (Å²) in [5.41, 5.74) is -0.0234. The van der Waals surface area contributed by atoms with Gasteiger partial charge in [0.25, 0.3) is 0 Å². The molecule has 0 aromatic carbocycles. The molecule has 0 saturated carbocycles. The molecule has 0 atom stereocenters. The lowest BCUT2D eigenvalue weighted by molar-refractivity contribution is -0.168. The van der Waals surface area contributed by atoms with Crippen LogP contribution in [0.25, 0.3) is 0 Å². The molecule has 20 heavy (non-hydrogen) atoms. The zero-order chi connectivity index (χ0) is 14.9. The van der Waals surface area contributed by atoms with Crippen LogP contribution in [0.5, 0.6) is 5.88 Å². The lowest BCUT2D eigenvalue weighted by atomic mass is 9.85. The van der Waals surface area contributed by atoms with Crippen molar-refractivity contribution < 1.29 is 23.8 Å². The molecule has 0 saturated heterocycles. The standard InChI is InChI=1S/C13H14ClNO5/c1-18-9-4-7-5-13(11(16)19-2,12(17)20-3)6-8(7)10(14)15-9/h4H,5-6H2,1-3H3. The summed E-state index contributed by atoms with van der Waals surface area (Å²) < 4.78 is 14.5. The number of aromatic nitrogens is 1. The Hall–Kier alpha value is -1.82. The molecule has 0 N–H and O–H groups in total. The van der Waals surface area contributed by atoms with Gasteiger partial charge < -0.3 is 14.2 Å². The molecule has 0 aliphatic heterocycles. The summed E-state index contributed by atoms with van der Waals surface area (Å²) in [6.45, 7) is 0. The number of ether oxygens (including phenoxy) is 3. The molecule has 0 radical (unpaired) electrons. The minimum Gasteiger partial charge on any atom is -0.481 e. The number of fused-ring (bicyclic) bond motifs is 1. The maximum atomic E-state index is 12.1. The van der Waals surface area contributed by atoms with Crippen molar-refractivity contribution >= 4 is 23.5 Å². The highest BCUT2D eigenvalue weighted by atomic mass is 35.5. The first-order valence-electron chi connectivity index (χ1n) is 5.87. The summed E-state index contributed by atoms with van der Waals surface area (Å²) in [5.74, 6) is -0.953. The fourth-order valence-electron chi connectivity index (χ4n) is 2.47. The average Bonchev–Trinajstić information content (AvgIpc) is 2.86. The van der Waals surface area contributed by atoms with E-state index in [9.17, 15) is 9.59 Å². The Balaban J connectivity index is 2.50. The third kappa shape index (κ3) is 2.10. The molecule has 1 heterocycles. The second-order valence-electron chi connectivity index (χ2n) is 4.51. The van der Waals surface area contributed by atoms with Gasteiger partial charge in [-0.1, -0.05) is 11.6 Å². The largest absolute Gasteiger partial charge is 0.481 e. The second-order valence-corrected chi connectivity index (χ2v) is 4.87. The number of pyridine rings is 1. The molecular formula is C13H14ClNO5. The third-order valence-electron chi connectivity index (χ3n) is 3.47. The molecule has 0 amide bonds. The Kier molecular flexibility index (Phi) is 3.85. The van der Waals surface area contributed by atoms with Crippen molar-refractivity contribution in [3.63, 3.8) is 0 Å². The van der Waals surface area contributed by atoms with E-state index >= 15 is 0 Å². The van der Waals surface area contributed by atoms with Gasteiger partial charge in [-0.2, -0.15) is 0 Å². The Morgan fingerprint density at radius 1 is 1.20 bits per heavy atom. The Morgan fingerprint density at radius 3 is 2.30 bits per heavy atom. The number of halogens is 1. The van der Waals surface area contributed by atoms with Crippen LogP contribution in [0.15, 0.2) is 6.07 Å². The number of carbonyl (C=O) groups is 2. The number of hydrogen-bond donors (Lipinski definition) is 0. The SMILES string of the molecule is COC(=O)C1(C(=O)OC)Cc2cc(OC)nc(Cl)c2C1. The van der Waals surface area contributed by atoms with Crippen LogP contribution >= 0.6 is 11.6 Å². The first kappa shape index (κ1) is 14.6. The predicted octanol–water partition coefficient (Wildman–Crippen LogP) is 1.17. The van der Waals surface area contributed by atoms with Crippen LogP contribution in [-0.2, 0) is 31.9 Å². The van der Waals surface area contributed by atoms with Crippen molar-refractivity contribution in [2.45, 2.75) is 12.8 Å². The van der Waals surface area contributed by atoms with Gasteiger partial charge in [-0.25, -0.2) is 4.98 Å². The first-order chi connectivity index (χ1) is 9.48. The summed E-state index contributed by atoms with van der Waals surface area (Å²) in [7, 11) is 3.93. The van der Waals surface area contributed by atoms with Crippen LogP contribution < -0.4 is 4.74 Å². The highest BCUT2D eigenvalue weighted by Crippen LogP contribution is 2.42. The molecule has 0 spiro atoms. The number of nitrogens with zero attached hydrogens (tertiary/aromatic N) is 1. The van der Waals surface area contributed by atoms with E-state index in [4.69, 9.17) is 25.8 Å². The molecule has 108 valence electrons. The molecule has 2 rings (SSSR count). The molecule has 1 aliphatic carbocycles. The van der Waals surface area contributed by atoms with Crippen molar-refractivity contribution in [1.29, 1.82) is 0 Å². The van der Waals surface area contributed by atoms with E-state index in [0.717, 1.165) is 5.56 Å². The number of methoxy groups -OCH3 is 3. The Morgan fingerprint density at radius 2 is 1.80 bits per heavy atom. The van der Waals surface area contributed by atoms with Gasteiger partial charge in [-0.3, -0.25) is 9.59 Å². The van der Waals surface area contributed by atoms with Crippen LogP contribution in [0.1, 0.15) is 11.1 Å². The van der Waals surface area contributed by atoms with E-state index in [-0.39, 0.29) is 18.0 Å². The molecule has 0 unspecified atom stereocenters. The molecule has 1 aromatic rings. The quantitative estimate of drug-likeness (QED) is 0.474. The van der Waals surface area contributed by atoms with Crippen molar-refractivity contribution in [3.05, 3.63) is 22.3 Å². The fraction of sp³-hybridized carbons (Fsp3) is 0.462. The molecule has 1 aliphatic rings. The summed E-state index contributed by atoms with van der Waals surface area (Å²) in [5, 5.41) is 0.217. The normalized spacial score (nSPS) is 15.4. The van der Waals surface area contributed by atoms with Gasteiger partial charge in [0.1, 0.15) is 5.15 Å². The summed E-state index contributed by atoms with van der Waals surface area (Å²) in [4.78, 5) is 28.1. The van der Waals surface area contributed by atoms with E-state index in [0.29, 0.717) is 11.4 Å². The molecule has 1 aromatic heterocycles. The molecule has 0 fully saturated rings. The zero-order valence-electron chi connectivity index (χ0n) is 11.4. The monoisotopic (exact) mass is 299 g/mol. The first-order valence-corrected chi connectivity index (χ1v) is 6.25. The summed E-state index contributed by atoms with van der Waals surface area (Å²) >= 11 is 6.08. The van der Waals surface area contributed by atoms with Gasteiger partial charge in [0, 0.05) is 18.9 Å². The van der Waals surface area contributed by atoms with Gasteiger partial charge in [0.15, 0.2) is 5.41 Å². The van der Waals surface area contributed by atoms with Crippen molar-refractivity contribution in [3.8, 4) is 5.88 Å². The Labute approximate surface area is 121 Å². The second kappa shape index (κ2) is 5.28. The smallest absolute Gasteiger partial charge is 0.323 e. The van der Waals surface area contributed by atoms with Crippen LogP contribution in [0.3, 0.4) is 0 Å². The van der Waals surface area contributed by atoms with Gasteiger partial charge >= 0.3 is 11.9 Å². The van der Waals surface area contributed by atoms with Gasteiger partial charge in [-0.05, 0) is 11.1 Å². The van der Waals surface area contributed by atoms with Crippen LogP contribution in [0.2, 0.25) is 5.15 Å². The third-order valence-corrected chi connectivity index (χ3v) is 3.79. The van der Waals surface area contributed by atoms with Gasteiger partial charge in [0.05, 0.1) is 21.3 Å². The minimum absolute atomic E-state index is 0.109. The average molecular weight is 300 g/mol. The van der Waals surface area contributed by atoms with Crippen molar-refractivity contribution in [1.82, 2.24) is 4.98 Å². The van der Waals surface area contributed by atoms with Crippen molar-refractivity contribution in [2.75, 3.05) is 21.3 Å². The minimum atomic E-state index is -1.40. The topological polar surface area (TPSA) is 74.7 Å². The number of rotatable bonds is 3. The van der Waals surface area contributed by atoms with Gasteiger partial charge in [0.2, 0.25) is 5.88 Å². The lowest BCUT2D eigenvalue weighted by Gasteiger charge is -2.22. The van der Waals surface area contributed by atoms with Crippen LogP contribution in [0.4, 0.5) is 0 Å². The van der Waals surface area contributed by atoms with E-state index < -0.39 is 17.4 Å². The molecular weight excluding hydrogens is 286 g/mol. The van der Waals surface area contributed by atoms with Gasteiger partial charge in [-0.15, -0.1) is 0 Å². The lowest BCUT2D eigenvalue weighted by Crippen LogP contribution is -2.42. The van der Waals surface area contributed by atoms with Crippen LogP contribution in [0, 0.1) is 5.41 Å². The summed E-state index contributed by atoms with van der Waals surface area (Å²) in [6, 6.07) is 1.66. The maximum Gasteiger partial charge on any atom is 0.323 e. The predicted molar refractivity (Wildman–Crippen MR) is 69.7 cm³/mol. The van der Waals surface area contributed by atoms with E-state index in [1.807, 2.05) is 0 Å². The number of esters is 2. The number of carbonyl (C=O) groups excluding carboxylic acids is 2. The van der Waals surface area contributed by atoms with E-state index in [1.165, 1.54) is 21.3 Å². The zero-order valence-corrected chi connectivity index (χ0v) is 12.1. The fourth-order valence-corrected chi connectivity index (χ4v) is 2.74. The Bertz CT molecular complexity index is 556. The number of hydrogen-bond acceptors (Lipinski definition) is 6. The maximum absolute atomic E-state index is 12.1.